The highest BCUT2D eigenvalue weighted by Gasteiger charge is 2.45. The predicted octanol–water partition coefficient (Wildman–Crippen LogP) is 4.08. The zero-order valence-corrected chi connectivity index (χ0v) is 16.6. The van der Waals surface area contributed by atoms with Crippen molar-refractivity contribution in [1.82, 2.24) is 4.90 Å². The molecule has 0 N–H and O–H groups in total. The number of hydrogen-bond acceptors (Lipinski definition) is 7. The molecule has 1 aliphatic heterocycles. The Morgan fingerprint density at radius 1 is 1.00 bits per heavy atom. The largest absolute Gasteiger partial charge is 0.456 e. The molecule has 0 radical (unpaired) electrons. The maximum atomic E-state index is 12.8. The van der Waals surface area contributed by atoms with E-state index in [1.165, 1.54) is 19.1 Å². The third-order valence-corrected chi connectivity index (χ3v) is 5.42. The number of nitrogens with zero attached hydrogens (tertiary/aromatic N) is 2. The number of ether oxygens (including phenoxy) is 1. The second-order valence-corrected chi connectivity index (χ2v) is 7.29. The Bertz CT molecular complexity index is 1470. The Hall–Kier alpha value is -4.53. The number of hydrogen-bond donors (Lipinski definition) is 0. The predicted molar refractivity (Wildman–Crippen MR) is 112 cm³/mol. The van der Waals surface area contributed by atoms with Crippen molar-refractivity contribution in [1.29, 1.82) is 0 Å². The zero-order valence-electron chi connectivity index (χ0n) is 16.6. The van der Waals surface area contributed by atoms with Crippen LogP contribution in [0.5, 0.6) is 5.75 Å². The van der Waals surface area contributed by atoms with Crippen LogP contribution in [0.3, 0.4) is 0 Å². The van der Waals surface area contributed by atoms with Gasteiger partial charge in [0.1, 0.15) is 28.5 Å². The molecule has 0 saturated heterocycles. The molecule has 32 heavy (non-hydrogen) atoms. The molecule has 1 atom stereocenters. The SMILES string of the molecule is CC(C(=O)Oc1ccc2oc3ccccc3c2c1)N1C(=O)c2cccc([N+](=O)[O-])c2C1=O. The molecule has 1 unspecified atom stereocenters. The number of fused-ring (bicyclic) bond motifs is 4. The zero-order chi connectivity index (χ0) is 22.6. The van der Waals surface area contributed by atoms with Crippen molar-refractivity contribution in [3.63, 3.8) is 0 Å². The summed E-state index contributed by atoms with van der Waals surface area (Å²) in [6, 6.07) is 14.7. The van der Waals surface area contributed by atoms with E-state index in [0.717, 1.165) is 16.8 Å². The van der Waals surface area contributed by atoms with Crippen LogP contribution in [0.1, 0.15) is 27.6 Å². The first kappa shape index (κ1) is 19.4. The topological polar surface area (TPSA) is 120 Å². The van der Waals surface area contributed by atoms with Crippen LogP contribution in [-0.2, 0) is 4.79 Å². The lowest BCUT2D eigenvalue weighted by Gasteiger charge is -2.20. The molecule has 1 aromatic heterocycles. The summed E-state index contributed by atoms with van der Waals surface area (Å²) in [5.74, 6) is -2.33. The monoisotopic (exact) mass is 430 g/mol. The minimum absolute atomic E-state index is 0.116. The van der Waals surface area contributed by atoms with Crippen molar-refractivity contribution in [2.45, 2.75) is 13.0 Å². The Morgan fingerprint density at radius 2 is 1.75 bits per heavy atom. The lowest BCUT2D eigenvalue weighted by Crippen LogP contribution is -2.44. The Morgan fingerprint density at radius 3 is 2.53 bits per heavy atom. The molecule has 1 aliphatic rings. The molecular formula is C23H14N2O7. The summed E-state index contributed by atoms with van der Waals surface area (Å²) in [7, 11) is 0. The molecule has 2 heterocycles. The van der Waals surface area contributed by atoms with E-state index in [4.69, 9.17) is 9.15 Å². The maximum absolute atomic E-state index is 12.8. The van der Waals surface area contributed by atoms with Crippen LogP contribution in [0.4, 0.5) is 5.69 Å². The van der Waals surface area contributed by atoms with Crippen LogP contribution in [0.15, 0.2) is 65.1 Å². The van der Waals surface area contributed by atoms with E-state index in [2.05, 4.69) is 0 Å². The van der Waals surface area contributed by atoms with Crippen LogP contribution in [-0.4, -0.2) is 33.6 Å². The van der Waals surface area contributed by atoms with Gasteiger partial charge in [-0.2, -0.15) is 0 Å². The first-order valence-electron chi connectivity index (χ1n) is 9.65. The van der Waals surface area contributed by atoms with E-state index < -0.39 is 34.4 Å². The summed E-state index contributed by atoms with van der Waals surface area (Å²) >= 11 is 0. The average molecular weight is 430 g/mol. The second kappa shape index (κ2) is 7.02. The molecule has 0 bridgehead atoms. The summed E-state index contributed by atoms with van der Waals surface area (Å²) in [5.41, 5.74) is 0.378. The van der Waals surface area contributed by atoms with E-state index in [1.54, 1.807) is 18.2 Å². The van der Waals surface area contributed by atoms with Gasteiger partial charge in [-0.3, -0.25) is 24.6 Å². The number of carbonyl (C=O) groups excluding carboxylic acids is 3. The fourth-order valence-electron chi connectivity index (χ4n) is 3.86. The number of nitro groups is 1. The van der Waals surface area contributed by atoms with Crippen molar-refractivity contribution in [3.8, 4) is 5.75 Å². The van der Waals surface area contributed by atoms with Crippen molar-refractivity contribution in [2.75, 3.05) is 0 Å². The third kappa shape index (κ3) is 2.83. The minimum Gasteiger partial charge on any atom is -0.456 e. The molecule has 5 rings (SSSR count). The van der Waals surface area contributed by atoms with Gasteiger partial charge in [0.25, 0.3) is 17.5 Å². The second-order valence-electron chi connectivity index (χ2n) is 7.29. The van der Waals surface area contributed by atoms with Gasteiger partial charge in [-0.25, -0.2) is 4.79 Å². The fourth-order valence-corrected chi connectivity index (χ4v) is 3.86. The normalized spacial score (nSPS) is 14.1. The maximum Gasteiger partial charge on any atom is 0.334 e. The molecule has 0 spiro atoms. The van der Waals surface area contributed by atoms with Gasteiger partial charge in [-0.05, 0) is 37.3 Å². The van der Waals surface area contributed by atoms with Gasteiger partial charge in [0.2, 0.25) is 0 Å². The number of rotatable bonds is 4. The van der Waals surface area contributed by atoms with Crippen molar-refractivity contribution >= 4 is 45.4 Å². The number of carbonyl (C=O) groups is 3. The Labute approximate surface area is 179 Å². The molecule has 2 amide bonds. The number of amides is 2. The molecule has 158 valence electrons. The van der Waals surface area contributed by atoms with E-state index in [-0.39, 0.29) is 16.9 Å². The van der Waals surface area contributed by atoms with Gasteiger partial charge in [0.15, 0.2) is 0 Å². The fraction of sp³-hybridized carbons (Fsp3) is 0.0870. The summed E-state index contributed by atoms with van der Waals surface area (Å²) in [6.45, 7) is 1.33. The Balaban J connectivity index is 1.43. The molecule has 4 aromatic rings. The lowest BCUT2D eigenvalue weighted by molar-refractivity contribution is -0.385. The van der Waals surface area contributed by atoms with E-state index in [9.17, 15) is 24.5 Å². The van der Waals surface area contributed by atoms with Crippen LogP contribution >= 0.6 is 0 Å². The van der Waals surface area contributed by atoms with Crippen molar-refractivity contribution in [3.05, 3.63) is 81.9 Å². The molecule has 0 fully saturated rings. The van der Waals surface area contributed by atoms with Gasteiger partial charge in [0, 0.05) is 16.8 Å². The van der Waals surface area contributed by atoms with Gasteiger partial charge < -0.3 is 9.15 Å². The number of benzene rings is 3. The lowest BCUT2D eigenvalue weighted by atomic mass is 10.1. The van der Waals surface area contributed by atoms with Gasteiger partial charge in [-0.15, -0.1) is 0 Å². The standard InChI is InChI=1S/C23H14N2O7/c1-12(24-21(26)15-6-4-7-17(25(29)30)20(15)22(24)27)23(28)31-13-9-10-19-16(11-13)14-5-2-3-8-18(14)32-19/h2-12H,1H3. The third-order valence-electron chi connectivity index (χ3n) is 5.42. The van der Waals surface area contributed by atoms with Gasteiger partial charge in [-0.1, -0.05) is 24.3 Å². The molecule has 0 aliphatic carbocycles. The molecular weight excluding hydrogens is 416 g/mol. The highest BCUT2D eigenvalue weighted by molar-refractivity contribution is 6.24. The van der Waals surface area contributed by atoms with E-state index in [0.29, 0.717) is 16.1 Å². The number of furan rings is 1. The summed E-state index contributed by atoms with van der Waals surface area (Å²) in [4.78, 5) is 49.5. The quantitative estimate of drug-likeness (QED) is 0.157. The molecule has 9 nitrogen and oxygen atoms in total. The van der Waals surface area contributed by atoms with Gasteiger partial charge >= 0.3 is 5.97 Å². The number of esters is 1. The highest BCUT2D eigenvalue weighted by atomic mass is 16.6. The number of para-hydroxylation sites is 1. The van der Waals surface area contributed by atoms with Crippen LogP contribution < -0.4 is 4.74 Å². The molecule has 3 aromatic carbocycles. The average Bonchev–Trinajstić information content (AvgIpc) is 3.28. The van der Waals surface area contributed by atoms with E-state index >= 15 is 0 Å². The molecule has 0 saturated carbocycles. The van der Waals surface area contributed by atoms with Crippen molar-refractivity contribution < 1.29 is 28.5 Å². The smallest absolute Gasteiger partial charge is 0.334 e. The van der Waals surface area contributed by atoms with Crippen LogP contribution in [0, 0.1) is 10.1 Å². The van der Waals surface area contributed by atoms with Crippen LogP contribution in [0.25, 0.3) is 21.9 Å². The minimum atomic E-state index is -1.29. The first-order valence-corrected chi connectivity index (χ1v) is 9.65. The number of imide groups is 1. The van der Waals surface area contributed by atoms with Gasteiger partial charge in [0.05, 0.1) is 10.5 Å². The Kier molecular flexibility index (Phi) is 4.26. The summed E-state index contributed by atoms with van der Waals surface area (Å²) < 4.78 is 11.2. The molecule has 9 heteroatoms. The number of nitro benzene ring substituents is 1. The highest BCUT2D eigenvalue weighted by Crippen LogP contribution is 2.33. The van der Waals surface area contributed by atoms with Crippen molar-refractivity contribution in [2.24, 2.45) is 0 Å². The van der Waals surface area contributed by atoms with E-state index in [1.807, 2.05) is 24.3 Å². The summed E-state index contributed by atoms with van der Waals surface area (Å²) in [6.07, 6.45) is 0. The first-order chi connectivity index (χ1) is 15.4. The summed E-state index contributed by atoms with van der Waals surface area (Å²) in [5, 5.41) is 12.9. The van der Waals surface area contributed by atoms with Crippen LogP contribution in [0.2, 0.25) is 0 Å².